The van der Waals surface area contributed by atoms with E-state index in [0.717, 1.165) is 30.5 Å². The van der Waals surface area contributed by atoms with Gasteiger partial charge >= 0.3 is 5.97 Å². The number of fused-ring (bicyclic) bond motifs is 1. The Morgan fingerprint density at radius 3 is 2.65 bits per heavy atom. The number of amides is 1. The van der Waals surface area contributed by atoms with Gasteiger partial charge in [0, 0.05) is 25.3 Å². The minimum Gasteiger partial charge on any atom is -0.461 e. The van der Waals surface area contributed by atoms with Crippen molar-refractivity contribution in [3.63, 3.8) is 0 Å². The molecule has 0 bridgehead atoms. The van der Waals surface area contributed by atoms with Gasteiger partial charge in [-0.25, -0.2) is 0 Å². The van der Waals surface area contributed by atoms with Gasteiger partial charge in [0.2, 0.25) is 0 Å². The fourth-order valence-electron chi connectivity index (χ4n) is 4.04. The number of benzene rings is 1. The number of piperidine rings is 1. The summed E-state index contributed by atoms with van der Waals surface area (Å²) in [6, 6.07) is 9.69. The average molecular weight is 376 g/mol. The van der Waals surface area contributed by atoms with Crippen LogP contribution in [0.4, 0.5) is 4.79 Å². The van der Waals surface area contributed by atoms with Crippen LogP contribution in [-0.2, 0) is 16.1 Å². The molecule has 1 aromatic carbocycles. The van der Waals surface area contributed by atoms with Gasteiger partial charge in [0.05, 0.1) is 0 Å². The second-order valence-electron chi connectivity index (χ2n) is 7.40. The number of ether oxygens (including phenoxy) is 1. The lowest BCUT2D eigenvalue weighted by molar-refractivity contribution is -0.144. The highest BCUT2D eigenvalue weighted by molar-refractivity contribution is 8.13. The maximum Gasteiger partial charge on any atom is 0.306 e. The van der Waals surface area contributed by atoms with Crippen molar-refractivity contribution < 1.29 is 14.3 Å². The largest absolute Gasteiger partial charge is 0.461 e. The first kappa shape index (κ1) is 19.3. The highest BCUT2D eigenvalue weighted by atomic mass is 32.2. The van der Waals surface area contributed by atoms with Crippen molar-refractivity contribution in [2.24, 2.45) is 11.8 Å². The average Bonchev–Trinajstić information content (AvgIpc) is 2.70. The van der Waals surface area contributed by atoms with Crippen LogP contribution < -0.4 is 0 Å². The predicted octanol–water partition coefficient (Wildman–Crippen LogP) is 4.88. The molecule has 0 N–H and O–H groups in total. The Morgan fingerprint density at radius 1 is 1.08 bits per heavy atom. The SMILES string of the molecule is O=C(CCCSC(=O)N1CCC2CCCCC2C1)OCc1ccccc1. The standard InChI is InChI=1S/C21H29NO3S/c23-20(25-16-17-7-2-1-3-8-17)11-6-14-26-21(24)22-13-12-18-9-4-5-10-19(18)15-22/h1-3,7-8,18-19H,4-6,9-16H2. The summed E-state index contributed by atoms with van der Waals surface area (Å²) >= 11 is 1.36. The third-order valence-electron chi connectivity index (χ3n) is 5.54. The summed E-state index contributed by atoms with van der Waals surface area (Å²) in [4.78, 5) is 26.2. The zero-order valence-electron chi connectivity index (χ0n) is 15.4. The van der Waals surface area contributed by atoms with Gasteiger partial charge in [0.15, 0.2) is 0 Å². The molecule has 3 rings (SSSR count). The predicted molar refractivity (Wildman–Crippen MR) is 105 cm³/mol. The summed E-state index contributed by atoms with van der Waals surface area (Å²) in [7, 11) is 0. The second-order valence-corrected chi connectivity index (χ2v) is 8.45. The monoisotopic (exact) mass is 375 g/mol. The van der Waals surface area contributed by atoms with Gasteiger partial charge in [-0.2, -0.15) is 0 Å². The molecule has 1 saturated carbocycles. The molecular weight excluding hydrogens is 346 g/mol. The molecular formula is C21H29NO3S. The molecule has 0 radical (unpaired) electrons. The molecule has 2 atom stereocenters. The van der Waals surface area contributed by atoms with E-state index in [0.29, 0.717) is 25.2 Å². The van der Waals surface area contributed by atoms with Crippen LogP contribution in [0, 0.1) is 11.8 Å². The van der Waals surface area contributed by atoms with Crippen LogP contribution in [0.5, 0.6) is 0 Å². The van der Waals surface area contributed by atoms with Crippen molar-refractivity contribution in [1.29, 1.82) is 0 Å². The molecule has 5 heteroatoms. The highest BCUT2D eigenvalue weighted by Crippen LogP contribution is 2.36. The van der Waals surface area contributed by atoms with Gasteiger partial charge in [0.1, 0.15) is 6.61 Å². The molecule has 26 heavy (non-hydrogen) atoms. The van der Waals surface area contributed by atoms with Crippen molar-refractivity contribution in [3.8, 4) is 0 Å². The van der Waals surface area contributed by atoms with Crippen LogP contribution in [0.2, 0.25) is 0 Å². The quantitative estimate of drug-likeness (QED) is 0.525. The lowest BCUT2D eigenvalue weighted by Gasteiger charge is -2.41. The Morgan fingerprint density at radius 2 is 1.85 bits per heavy atom. The Kier molecular flexibility index (Phi) is 7.42. The number of thioether (sulfide) groups is 1. The van der Waals surface area contributed by atoms with E-state index < -0.39 is 0 Å². The number of likely N-dealkylation sites (tertiary alicyclic amines) is 1. The molecule has 1 amide bonds. The number of hydrogen-bond donors (Lipinski definition) is 0. The summed E-state index contributed by atoms with van der Waals surface area (Å²) in [5.41, 5.74) is 0.997. The third kappa shape index (κ3) is 5.76. The smallest absolute Gasteiger partial charge is 0.306 e. The fraction of sp³-hybridized carbons (Fsp3) is 0.619. The van der Waals surface area contributed by atoms with Crippen molar-refractivity contribution in [2.45, 2.75) is 51.6 Å². The van der Waals surface area contributed by atoms with Crippen molar-refractivity contribution >= 4 is 23.0 Å². The molecule has 4 nitrogen and oxygen atoms in total. The Hall–Kier alpha value is -1.49. The van der Waals surface area contributed by atoms with Gasteiger partial charge in [-0.3, -0.25) is 9.59 Å². The van der Waals surface area contributed by atoms with E-state index in [2.05, 4.69) is 0 Å². The summed E-state index contributed by atoms with van der Waals surface area (Å²) in [6.45, 7) is 2.17. The Balaban J connectivity index is 1.28. The zero-order valence-corrected chi connectivity index (χ0v) is 16.2. The lowest BCUT2D eigenvalue weighted by Crippen LogP contribution is -2.43. The van der Waals surface area contributed by atoms with Crippen molar-refractivity contribution in [3.05, 3.63) is 35.9 Å². The molecule has 1 saturated heterocycles. The van der Waals surface area contributed by atoms with Crippen molar-refractivity contribution in [1.82, 2.24) is 4.90 Å². The lowest BCUT2D eigenvalue weighted by atomic mass is 9.75. The van der Waals surface area contributed by atoms with Crippen LogP contribution in [0.15, 0.2) is 30.3 Å². The maximum absolute atomic E-state index is 12.4. The van der Waals surface area contributed by atoms with Gasteiger partial charge in [0.25, 0.3) is 5.24 Å². The minimum atomic E-state index is -0.190. The first-order chi connectivity index (χ1) is 12.7. The Labute approximate surface area is 160 Å². The fourth-order valence-corrected chi connectivity index (χ4v) is 4.86. The highest BCUT2D eigenvalue weighted by Gasteiger charge is 2.32. The number of carbonyl (C=O) groups is 2. The van der Waals surface area contributed by atoms with Crippen LogP contribution in [0.3, 0.4) is 0 Å². The number of rotatable bonds is 6. The zero-order chi connectivity index (χ0) is 18.2. The van der Waals surface area contributed by atoms with Crippen LogP contribution in [0.25, 0.3) is 0 Å². The topological polar surface area (TPSA) is 46.6 Å². The van der Waals surface area contributed by atoms with E-state index >= 15 is 0 Å². The van der Waals surface area contributed by atoms with E-state index in [-0.39, 0.29) is 11.2 Å². The molecule has 0 aromatic heterocycles. The number of esters is 1. The molecule has 1 aromatic rings. The Bertz CT molecular complexity index is 592. The molecule has 0 spiro atoms. The summed E-state index contributed by atoms with van der Waals surface area (Å²) in [5, 5.41) is 0.187. The third-order valence-corrected chi connectivity index (χ3v) is 6.54. The molecule has 2 aliphatic rings. The summed E-state index contributed by atoms with van der Waals surface area (Å²) in [5.74, 6) is 2.06. The molecule has 142 valence electrons. The molecule has 2 unspecified atom stereocenters. The van der Waals surface area contributed by atoms with Crippen LogP contribution in [-0.4, -0.2) is 35.0 Å². The van der Waals surface area contributed by atoms with Gasteiger partial charge < -0.3 is 9.64 Å². The minimum absolute atomic E-state index is 0.187. The van der Waals surface area contributed by atoms with Gasteiger partial charge in [-0.1, -0.05) is 61.4 Å². The summed E-state index contributed by atoms with van der Waals surface area (Å²) < 4.78 is 5.27. The first-order valence-corrected chi connectivity index (χ1v) is 10.8. The first-order valence-electron chi connectivity index (χ1n) is 9.83. The van der Waals surface area contributed by atoms with E-state index in [1.54, 1.807) is 0 Å². The van der Waals surface area contributed by atoms with Gasteiger partial charge in [-0.15, -0.1) is 0 Å². The summed E-state index contributed by atoms with van der Waals surface area (Å²) in [6.07, 6.45) is 7.55. The second kappa shape index (κ2) is 10.0. The number of carbonyl (C=O) groups excluding carboxylic acids is 2. The maximum atomic E-state index is 12.4. The number of hydrogen-bond acceptors (Lipinski definition) is 4. The molecule has 1 heterocycles. The van der Waals surface area contributed by atoms with E-state index in [1.807, 2.05) is 35.2 Å². The molecule has 1 aliphatic heterocycles. The van der Waals surface area contributed by atoms with Crippen LogP contribution >= 0.6 is 11.8 Å². The normalized spacial score (nSPS) is 22.5. The van der Waals surface area contributed by atoms with Crippen LogP contribution in [0.1, 0.15) is 50.5 Å². The molecule has 1 aliphatic carbocycles. The van der Waals surface area contributed by atoms with E-state index in [4.69, 9.17) is 4.74 Å². The van der Waals surface area contributed by atoms with E-state index in [9.17, 15) is 9.59 Å². The van der Waals surface area contributed by atoms with E-state index in [1.165, 1.54) is 43.9 Å². The molecule has 2 fully saturated rings. The van der Waals surface area contributed by atoms with Gasteiger partial charge in [-0.05, 0) is 36.7 Å². The number of nitrogens with zero attached hydrogens (tertiary/aromatic N) is 1. The van der Waals surface area contributed by atoms with Crippen molar-refractivity contribution in [2.75, 3.05) is 18.8 Å².